The summed E-state index contributed by atoms with van der Waals surface area (Å²) in [6.07, 6.45) is 9.85. The van der Waals surface area contributed by atoms with E-state index < -0.39 is 0 Å². The second-order valence-corrected chi connectivity index (χ2v) is 5.41. The topological polar surface area (TPSA) is 12.0 Å². The quantitative estimate of drug-likeness (QED) is 0.728. The van der Waals surface area contributed by atoms with Gasteiger partial charge < -0.3 is 5.32 Å². The van der Waals surface area contributed by atoms with Gasteiger partial charge in [-0.05, 0) is 43.2 Å². The van der Waals surface area contributed by atoms with Crippen molar-refractivity contribution in [3.05, 3.63) is 23.3 Å². The van der Waals surface area contributed by atoms with E-state index in [2.05, 4.69) is 38.2 Å². The Morgan fingerprint density at radius 3 is 3.00 bits per heavy atom. The molecule has 1 nitrogen and oxygen atoms in total. The first-order valence-corrected chi connectivity index (χ1v) is 6.28. The first-order chi connectivity index (χ1) is 7.15. The minimum absolute atomic E-state index is 0.437. The lowest BCUT2D eigenvalue weighted by molar-refractivity contribution is 0.323. The first-order valence-electron chi connectivity index (χ1n) is 6.28. The second kappa shape index (κ2) is 4.13. The molecule has 0 aromatic heterocycles. The van der Waals surface area contributed by atoms with E-state index >= 15 is 0 Å². The zero-order valence-corrected chi connectivity index (χ0v) is 10.3. The maximum atomic E-state index is 3.61. The summed E-state index contributed by atoms with van der Waals surface area (Å²) in [5.74, 6) is 0. The predicted octanol–water partition coefficient (Wildman–Crippen LogP) is 3.43. The summed E-state index contributed by atoms with van der Waals surface area (Å²) >= 11 is 0. The van der Waals surface area contributed by atoms with Crippen LogP contribution >= 0.6 is 0 Å². The molecule has 0 saturated carbocycles. The first kappa shape index (κ1) is 10.9. The molecule has 0 aromatic carbocycles. The van der Waals surface area contributed by atoms with Crippen molar-refractivity contribution in [1.29, 1.82) is 0 Å². The summed E-state index contributed by atoms with van der Waals surface area (Å²) < 4.78 is 0. The van der Waals surface area contributed by atoms with Gasteiger partial charge >= 0.3 is 0 Å². The maximum absolute atomic E-state index is 3.61. The molecule has 15 heavy (non-hydrogen) atoms. The Kier molecular flexibility index (Phi) is 3.01. The van der Waals surface area contributed by atoms with Gasteiger partial charge in [0.15, 0.2) is 0 Å². The highest BCUT2D eigenvalue weighted by molar-refractivity contribution is 5.39. The molecule has 0 aromatic rings. The molecule has 0 bridgehead atoms. The lowest BCUT2D eigenvalue weighted by atomic mass is 9.68. The van der Waals surface area contributed by atoms with Crippen LogP contribution in [0, 0.1) is 5.41 Å². The van der Waals surface area contributed by atoms with E-state index in [1.165, 1.54) is 25.7 Å². The maximum Gasteiger partial charge on any atom is 0.0320 e. The van der Waals surface area contributed by atoms with Crippen molar-refractivity contribution in [3.8, 4) is 0 Å². The van der Waals surface area contributed by atoms with E-state index in [9.17, 15) is 0 Å². The average Bonchev–Trinajstić information content (AvgIpc) is 2.23. The summed E-state index contributed by atoms with van der Waals surface area (Å²) in [5, 5.41) is 3.61. The van der Waals surface area contributed by atoms with Gasteiger partial charge in [0.2, 0.25) is 0 Å². The molecule has 2 rings (SSSR count). The Labute approximate surface area is 93.6 Å². The van der Waals surface area contributed by atoms with Crippen molar-refractivity contribution in [2.24, 2.45) is 5.41 Å². The van der Waals surface area contributed by atoms with Gasteiger partial charge in [-0.25, -0.2) is 0 Å². The number of hydrogen-bond donors (Lipinski definition) is 1. The highest BCUT2D eigenvalue weighted by Gasteiger charge is 2.33. The van der Waals surface area contributed by atoms with Crippen molar-refractivity contribution >= 4 is 0 Å². The Bertz CT molecular complexity index is 296. The van der Waals surface area contributed by atoms with Crippen molar-refractivity contribution in [1.82, 2.24) is 5.32 Å². The highest BCUT2D eigenvalue weighted by atomic mass is 14.9. The van der Waals surface area contributed by atoms with Gasteiger partial charge in [-0.1, -0.05) is 38.5 Å². The Morgan fingerprint density at radius 2 is 2.27 bits per heavy atom. The molecule has 1 unspecified atom stereocenters. The molecule has 0 saturated heterocycles. The van der Waals surface area contributed by atoms with Gasteiger partial charge in [0.1, 0.15) is 0 Å². The Hall–Kier alpha value is -0.560. The van der Waals surface area contributed by atoms with Gasteiger partial charge in [-0.15, -0.1) is 0 Å². The van der Waals surface area contributed by atoms with Gasteiger partial charge in [-0.2, -0.15) is 0 Å². The van der Waals surface area contributed by atoms with Crippen LogP contribution in [0.4, 0.5) is 0 Å². The number of likely N-dealkylation sites (N-methyl/N-ethyl adjacent to an activating group) is 1. The van der Waals surface area contributed by atoms with Crippen molar-refractivity contribution < 1.29 is 0 Å². The van der Waals surface area contributed by atoms with Crippen molar-refractivity contribution in [2.45, 2.75) is 52.5 Å². The van der Waals surface area contributed by atoms with E-state index in [1.54, 1.807) is 11.1 Å². The van der Waals surface area contributed by atoms with Crippen LogP contribution in [-0.4, -0.2) is 12.6 Å². The number of allylic oxidation sites excluding steroid dienone is 2. The molecule has 0 spiro atoms. The average molecular weight is 205 g/mol. The van der Waals surface area contributed by atoms with Crippen molar-refractivity contribution in [3.63, 3.8) is 0 Å². The molecule has 0 radical (unpaired) electrons. The minimum atomic E-state index is 0.437. The van der Waals surface area contributed by atoms with Crippen LogP contribution in [0.2, 0.25) is 0 Å². The van der Waals surface area contributed by atoms with E-state index in [4.69, 9.17) is 0 Å². The number of nitrogens with one attached hydrogen (secondary N) is 1. The Balaban J connectivity index is 2.31. The van der Waals surface area contributed by atoms with E-state index in [1.807, 2.05) is 0 Å². The van der Waals surface area contributed by atoms with Gasteiger partial charge in [0.25, 0.3) is 0 Å². The fraction of sp³-hybridized carbons (Fsp3) is 0.714. The molecule has 0 heterocycles. The van der Waals surface area contributed by atoms with Crippen LogP contribution in [-0.2, 0) is 0 Å². The van der Waals surface area contributed by atoms with Crippen LogP contribution in [0.1, 0.15) is 46.5 Å². The van der Waals surface area contributed by atoms with Crippen LogP contribution in [0.3, 0.4) is 0 Å². The van der Waals surface area contributed by atoms with Crippen LogP contribution in [0.15, 0.2) is 23.3 Å². The summed E-state index contributed by atoms with van der Waals surface area (Å²) in [6, 6.07) is 0.620. The molecule has 2 aliphatic rings. The molecule has 84 valence electrons. The SMILES string of the molecule is CCNC1CCC(C)(C)C2=C1C=CCC2. The molecule has 1 atom stereocenters. The van der Waals surface area contributed by atoms with Crippen LogP contribution < -0.4 is 5.32 Å². The largest absolute Gasteiger partial charge is 0.310 e. The Morgan fingerprint density at radius 1 is 1.47 bits per heavy atom. The molecule has 0 aliphatic heterocycles. The third-order valence-electron chi connectivity index (χ3n) is 3.91. The standard InChI is InChI=1S/C14H23N/c1-4-15-13-9-10-14(2,3)12-8-6-5-7-11(12)13/h5,7,13,15H,4,6,8-10H2,1-3H3. The zero-order valence-electron chi connectivity index (χ0n) is 10.3. The fourth-order valence-electron chi connectivity index (χ4n) is 3.01. The summed E-state index contributed by atoms with van der Waals surface area (Å²) in [7, 11) is 0. The van der Waals surface area contributed by atoms with Crippen molar-refractivity contribution in [2.75, 3.05) is 6.54 Å². The van der Waals surface area contributed by atoms with E-state index in [-0.39, 0.29) is 0 Å². The molecule has 2 aliphatic carbocycles. The monoisotopic (exact) mass is 205 g/mol. The van der Waals surface area contributed by atoms with Gasteiger partial charge in [-0.3, -0.25) is 0 Å². The van der Waals surface area contributed by atoms with E-state index in [0.29, 0.717) is 11.5 Å². The highest BCUT2D eigenvalue weighted by Crippen LogP contribution is 2.44. The third-order valence-corrected chi connectivity index (χ3v) is 3.91. The minimum Gasteiger partial charge on any atom is -0.310 e. The third kappa shape index (κ3) is 2.03. The number of hydrogen-bond acceptors (Lipinski definition) is 1. The number of rotatable bonds is 2. The molecule has 0 fully saturated rings. The molecule has 1 heteroatoms. The summed E-state index contributed by atoms with van der Waals surface area (Å²) in [6.45, 7) is 8.09. The molecule has 1 N–H and O–H groups in total. The van der Waals surface area contributed by atoms with Gasteiger partial charge in [0.05, 0.1) is 0 Å². The normalized spacial score (nSPS) is 29.1. The zero-order chi connectivity index (χ0) is 10.9. The lowest BCUT2D eigenvalue weighted by Gasteiger charge is -2.40. The predicted molar refractivity (Wildman–Crippen MR) is 65.9 cm³/mol. The lowest BCUT2D eigenvalue weighted by Crippen LogP contribution is -2.38. The fourth-order valence-corrected chi connectivity index (χ4v) is 3.01. The molecule has 0 amide bonds. The smallest absolute Gasteiger partial charge is 0.0320 e. The van der Waals surface area contributed by atoms with E-state index in [0.717, 1.165) is 6.54 Å². The molecular formula is C14H23N. The molecular weight excluding hydrogens is 182 g/mol. The summed E-state index contributed by atoms with van der Waals surface area (Å²) in [5.41, 5.74) is 3.74. The second-order valence-electron chi connectivity index (χ2n) is 5.41. The van der Waals surface area contributed by atoms with Crippen LogP contribution in [0.25, 0.3) is 0 Å². The van der Waals surface area contributed by atoms with Gasteiger partial charge in [0, 0.05) is 6.04 Å². The summed E-state index contributed by atoms with van der Waals surface area (Å²) in [4.78, 5) is 0. The van der Waals surface area contributed by atoms with Crippen LogP contribution in [0.5, 0.6) is 0 Å².